The highest BCUT2D eigenvalue weighted by molar-refractivity contribution is 5.79. The van der Waals surface area contributed by atoms with Crippen LogP contribution < -0.4 is 15.4 Å². The average molecular weight is 360 g/mol. The molecule has 0 amide bonds. The van der Waals surface area contributed by atoms with Crippen LogP contribution in [0.25, 0.3) is 0 Å². The van der Waals surface area contributed by atoms with Gasteiger partial charge >= 0.3 is 0 Å². The van der Waals surface area contributed by atoms with Crippen LogP contribution in [-0.2, 0) is 17.8 Å². The summed E-state index contributed by atoms with van der Waals surface area (Å²) in [5.41, 5.74) is 1.55. The van der Waals surface area contributed by atoms with Crippen molar-refractivity contribution >= 4 is 5.96 Å². The number of nitrogens with one attached hydrogen (secondary N) is 2. The van der Waals surface area contributed by atoms with Gasteiger partial charge in [0.15, 0.2) is 5.96 Å². The van der Waals surface area contributed by atoms with Crippen LogP contribution in [-0.4, -0.2) is 37.8 Å². The Labute approximate surface area is 153 Å². The van der Waals surface area contributed by atoms with E-state index in [9.17, 15) is 4.39 Å². The Morgan fingerprint density at radius 2 is 2.00 bits per heavy atom. The van der Waals surface area contributed by atoms with Gasteiger partial charge in [0.25, 0.3) is 0 Å². The number of benzene rings is 1. The molecule has 0 radical (unpaired) electrons. The number of aliphatic imine (C=N–C) groups is 1. The first-order chi connectivity index (χ1) is 12.7. The third-order valence-electron chi connectivity index (χ3n) is 3.50. The zero-order valence-corrected chi connectivity index (χ0v) is 15.2. The number of halogens is 1. The van der Waals surface area contributed by atoms with E-state index < -0.39 is 0 Å². The zero-order valence-electron chi connectivity index (χ0n) is 15.2. The van der Waals surface area contributed by atoms with E-state index in [0.717, 1.165) is 5.56 Å². The molecule has 2 rings (SSSR count). The molecule has 7 heteroatoms. The summed E-state index contributed by atoms with van der Waals surface area (Å²) in [4.78, 5) is 8.75. The van der Waals surface area contributed by atoms with Crippen molar-refractivity contribution in [3.63, 3.8) is 0 Å². The van der Waals surface area contributed by atoms with E-state index in [1.807, 2.05) is 19.1 Å². The van der Waals surface area contributed by atoms with Crippen molar-refractivity contribution < 1.29 is 13.9 Å². The maximum atomic E-state index is 13.7. The number of nitrogens with zero attached hydrogens (tertiary/aromatic N) is 2. The van der Waals surface area contributed by atoms with E-state index in [1.165, 1.54) is 6.07 Å². The number of guanidine groups is 1. The lowest BCUT2D eigenvalue weighted by molar-refractivity contribution is 0.143. The van der Waals surface area contributed by atoms with Crippen LogP contribution in [0.3, 0.4) is 0 Å². The summed E-state index contributed by atoms with van der Waals surface area (Å²) < 4.78 is 24.1. The standard InChI is InChI=1S/C19H25FN4O2/c1-3-21-19(24-14-16-6-4-5-7-17(16)20)23-13-15-8-9-18(22-12-15)26-11-10-25-2/h4-9,12H,3,10-11,13-14H2,1-2H3,(H2,21,23,24). The van der Waals surface area contributed by atoms with E-state index >= 15 is 0 Å². The van der Waals surface area contributed by atoms with Gasteiger partial charge in [0.1, 0.15) is 12.4 Å². The fourth-order valence-corrected chi connectivity index (χ4v) is 2.15. The lowest BCUT2D eigenvalue weighted by Gasteiger charge is -2.12. The monoisotopic (exact) mass is 360 g/mol. The summed E-state index contributed by atoms with van der Waals surface area (Å²) in [6, 6.07) is 10.4. The molecule has 0 saturated carbocycles. The number of methoxy groups -OCH3 is 1. The number of pyridine rings is 1. The van der Waals surface area contributed by atoms with Gasteiger partial charge in [-0.15, -0.1) is 0 Å². The number of aromatic nitrogens is 1. The molecule has 140 valence electrons. The minimum Gasteiger partial charge on any atom is -0.475 e. The molecule has 2 aromatic rings. The van der Waals surface area contributed by atoms with Gasteiger partial charge in [-0.3, -0.25) is 0 Å². The second-order valence-corrected chi connectivity index (χ2v) is 5.49. The van der Waals surface area contributed by atoms with E-state index in [-0.39, 0.29) is 5.82 Å². The molecule has 2 N–H and O–H groups in total. The van der Waals surface area contributed by atoms with Crippen LogP contribution >= 0.6 is 0 Å². The van der Waals surface area contributed by atoms with Crippen molar-refractivity contribution in [1.82, 2.24) is 15.6 Å². The normalized spacial score (nSPS) is 11.3. The summed E-state index contributed by atoms with van der Waals surface area (Å²) in [6.45, 7) is 4.50. The van der Waals surface area contributed by atoms with Gasteiger partial charge in [-0.1, -0.05) is 24.3 Å². The number of hydrogen-bond donors (Lipinski definition) is 2. The molecule has 26 heavy (non-hydrogen) atoms. The second kappa shape index (κ2) is 11.0. The van der Waals surface area contributed by atoms with Crippen molar-refractivity contribution in [1.29, 1.82) is 0 Å². The predicted molar refractivity (Wildman–Crippen MR) is 99.7 cm³/mol. The van der Waals surface area contributed by atoms with Crippen LogP contribution in [0.15, 0.2) is 47.6 Å². The number of rotatable bonds is 9. The summed E-state index contributed by atoms with van der Waals surface area (Å²) in [7, 11) is 1.63. The third kappa shape index (κ3) is 6.68. The molecule has 0 spiro atoms. The lowest BCUT2D eigenvalue weighted by Crippen LogP contribution is -2.37. The van der Waals surface area contributed by atoms with Gasteiger partial charge in [0.05, 0.1) is 13.2 Å². The Morgan fingerprint density at radius 1 is 1.15 bits per heavy atom. The topological polar surface area (TPSA) is 67.8 Å². The maximum Gasteiger partial charge on any atom is 0.213 e. The largest absolute Gasteiger partial charge is 0.475 e. The fourth-order valence-electron chi connectivity index (χ4n) is 2.15. The number of ether oxygens (including phenoxy) is 2. The van der Waals surface area contributed by atoms with Crippen molar-refractivity contribution in [3.05, 3.63) is 59.5 Å². The molecule has 0 fully saturated rings. The molecule has 0 bridgehead atoms. The zero-order chi connectivity index (χ0) is 18.6. The van der Waals surface area contributed by atoms with Crippen LogP contribution in [0.1, 0.15) is 18.1 Å². The van der Waals surface area contributed by atoms with E-state index in [1.54, 1.807) is 31.5 Å². The Balaban J connectivity index is 1.90. The van der Waals surface area contributed by atoms with Crippen molar-refractivity contribution in [3.8, 4) is 5.88 Å². The summed E-state index contributed by atoms with van der Waals surface area (Å²) in [5, 5.41) is 6.28. The quantitative estimate of drug-likeness (QED) is 0.409. The SMILES string of the molecule is CCNC(=NCc1ccc(OCCOC)nc1)NCc1ccccc1F. The van der Waals surface area contributed by atoms with Crippen molar-refractivity contribution in [2.45, 2.75) is 20.0 Å². The van der Waals surface area contributed by atoms with E-state index in [0.29, 0.717) is 50.3 Å². The molecular formula is C19H25FN4O2. The fraction of sp³-hybridized carbons (Fsp3) is 0.368. The lowest BCUT2D eigenvalue weighted by atomic mass is 10.2. The molecule has 0 atom stereocenters. The first-order valence-corrected chi connectivity index (χ1v) is 8.55. The Morgan fingerprint density at radius 3 is 2.69 bits per heavy atom. The molecule has 0 unspecified atom stereocenters. The molecule has 1 aromatic carbocycles. The van der Waals surface area contributed by atoms with Gasteiger partial charge in [-0.05, 0) is 18.6 Å². The minimum atomic E-state index is -0.232. The summed E-state index contributed by atoms with van der Waals surface area (Å²) in [6.07, 6.45) is 1.73. The van der Waals surface area contributed by atoms with Gasteiger partial charge in [-0.25, -0.2) is 14.4 Å². The van der Waals surface area contributed by atoms with E-state index in [2.05, 4.69) is 20.6 Å². The van der Waals surface area contributed by atoms with Crippen molar-refractivity contribution in [2.24, 2.45) is 4.99 Å². The van der Waals surface area contributed by atoms with Crippen LogP contribution in [0, 0.1) is 5.82 Å². The molecule has 0 saturated heterocycles. The third-order valence-corrected chi connectivity index (χ3v) is 3.50. The van der Waals surface area contributed by atoms with Gasteiger partial charge in [0.2, 0.25) is 5.88 Å². The molecular weight excluding hydrogens is 335 g/mol. The predicted octanol–water partition coefficient (Wildman–Crippen LogP) is 2.50. The Kier molecular flexibility index (Phi) is 8.35. The molecule has 0 aliphatic rings. The second-order valence-electron chi connectivity index (χ2n) is 5.49. The molecule has 6 nitrogen and oxygen atoms in total. The molecule has 0 aliphatic heterocycles. The highest BCUT2D eigenvalue weighted by Crippen LogP contribution is 2.09. The highest BCUT2D eigenvalue weighted by Gasteiger charge is 2.03. The van der Waals surface area contributed by atoms with Crippen LogP contribution in [0.5, 0.6) is 5.88 Å². The smallest absolute Gasteiger partial charge is 0.213 e. The van der Waals surface area contributed by atoms with Crippen molar-refractivity contribution in [2.75, 3.05) is 26.9 Å². The van der Waals surface area contributed by atoms with Gasteiger partial charge in [-0.2, -0.15) is 0 Å². The van der Waals surface area contributed by atoms with Gasteiger partial charge < -0.3 is 20.1 Å². The first kappa shape index (κ1) is 19.7. The van der Waals surface area contributed by atoms with Crippen LogP contribution in [0.4, 0.5) is 4.39 Å². The Hall–Kier alpha value is -2.67. The first-order valence-electron chi connectivity index (χ1n) is 8.55. The van der Waals surface area contributed by atoms with Crippen LogP contribution in [0.2, 0.25) is 0 Å². The highest BCUT2D eigenvalue weighted by atomic mass is 19.1. The maximum absolute atomic E-state index is 13.7. The summed E-state index contributed by atoms with van der Waals surface area (Å²) in [5.74, 6) is 0.944. The average Bonchev–Trinajstić information content (AvgIpc) is 2.66. The Bertz CT molecular complexity index is 692. The number of hydrogen-bond acceptors (Lipinski definition) is 4. The molecule has 1 heterocycles. The summed E-state index contributed by atoms with van der Waals surface area (Å²) >= 11 is 0. The molecule has 1 aromatic heterocycles. The van der Waals surface area contributed by atoms with E-state index in [4.69, 9.17) is 9.47 Å². The molecule has 0 aliphatic carbocycles. The minimum absolute atomic E-state index is 0.232. The van der Waals surface area contributed by atoms with Gasteiger partial charge in [0, 0.05) is 38.0 Å².